The summed E-state index contributed by atoms with van der Waals surface area (Å²) in [6.07, 6.45) is 3.04. The van der Waals surface area contributed by atoms with Gasteiger partial charge in [0, 0.05) is 16.5 Å². The summed E-state index contributed by atoms with van der Waals surface area (Å²) in [5.74, 6) is 1.65. The van der Waals surface area contributed by atoms with Gasteiger partial charge in [0.05, 0.1) is 19.9 Å². The average Bonchev–Trinajstić information content (AvgIpc) is 3.04. The summed E-state index contributed by atoms with van der Waals surface area (Å²) in [6, 6.07) is 12.7. The highest BCUT2D eigenvalue weighted by Crippen LogP contribution is 2.39. The summed E-state index contributed by atoms with van der Waals surface area (Å²) in [5.41, 5.74) is 11.8. The van der Waals surface area contributed by atoms with Crippen LogP contribution < -0.4 is 15.2 Å². The molecule has 0 aliphatic rings. The van der Waals surface area contributed by atoms with Crippen molar-refractivity contribution < 1.29 is 9.47 Å². The molecule has 0 unspecified atom stereocenters. The molecule has 0 saturated heterocycles. The topological polar surface area (TPSA) is 60.3 Å². The van der Waals surface area contributed by atoms with Gasteiger partial charge in [-0.2, -0.15) is 0 Å². The number of ether oxygens (including phenoxy) is 2. The van der Waals surface area contributed by atoms with Gasteiger partial charge in [-0.1, -0.05) is 26.8 Å². The molecule has 0 amide bonds. The van der Waals surface area contributed by atoms with E-state index in [1.165, 1.54) is 16.5 Å². The van der Waals surface area contributed by atoms with Crippen molar-refractivity contribution in [2.45, 2.75) is 45.4 Å². The molecule has 4 heteroatoms. The normalized spacial score (nSPS) is 11.8. The van der Waals surface area contributed by atoms with Gasteiger partial charge in [0.1, 0.15) is 11.5 Å². The van der Waals surface area contributed by atoms with Crippen molar-refractivity contribution >= 4 is 10.9 Å². The number of rotatable bonds is 7. The van der Waals surface area contributed by atoms with Gasteiger partial charge >= 0.3 is 0 Å². The second-order valence-corrected chi connectivity index (χ2v) is 8.30. The van der Waals surface area contributed by atoms with Crippen LogP contribution in [0.5, 0.6) is 11.5 Å². The van der Waals surface area contributed by atoms with Gasteiger partial charge in [0.15, 0.2) is 0 Å². The average molecular weight is 381 g/mol. The third kappa shape index (κ3) is 4.02. The fraction of sp³-hybridized carbons (Fsp3) is 0.417. The minimum Gasteiger partial charge on any atom is -0.497 e. The van der Waals surface area contributed by atoms with Crippen molar-refractivity contribution in [1.29, 1.82) is 0 Å². The predicted octanol–water partition coefficient (Wildman–Crippen LogP) is 5.43. The minimum atomic E-state index is 0.105. The Labute approximate surface area is 168 Å². The lowest BCUT2D eigenvalue weighted by molar-refractivity contribution is 0.404. The number of H-pyrrole nitrogens is 1. The van der Waals surface area contributed by atoms with Gasteiger partial charge in [-0.3, -0.25) is 0 Å². The van der Waals surface area contributed by atoms with Gasteiger partial charge in [-0.15, -0.1) is 0 Å². The largest absolute Gasteiger partial charge is 0.497 e. The molecule has 28 heavy (non-hydrogen) atoms. The van der Waals surface area contributed by atoms with Crippen LogP contribution in [0.4, 0.5) is 0 Å². The number of unbranched alkanes of at least 4 members (excludes halogenated alkanes) is 1. The lowest BCUT2D eigenvalue weighted by Gasteiger charge is -2.19. The second-order valence-electron chi connectivity index (χ2n) is 8.30. The number of nitrogens with two attached hydrogens (primary N) is 1. The van der Waals surface area contributed by atoms with E-state index < -0.39 is 0 Å². The molecule has 0 aliphatic heterocycles. The third-order valence-corrected chi connectivity index (χ3v) is 5.33. The lowest BCUT2D eigenvalue weighted by atomic mass is 9.86. The lowest BCUT2D eigenvalue weighted by Crippen LogP contribution is -2.10. The Hall–Kier alpha value is -2.46. The molecule has 2 aromatic carbocycles. The van der Waals surface area contributed by atoms with Crippen LogP contribution in [-0.2, 0) is 11.8 Å². The Morgan fingerprint density at radius 2 is 1.75 bits per heavy atom. The number of aromatic nitrogens is 1. The van der Waals surface area contributed by atoms with Crippen LogP contribution in [0.3, 0.4) is 0 Å². The molecule has 0 fully saturated rings. The van der Waals surface area contributed by atoms with Crippen LogP contribution in [0.25, 0.3) is 22.2 Å². The summed E-state index contributed by atoms with van der Waals surface area (Å²) < 4.78 is 11.1. The van der Waals surface area contributed by atoms with E-state index in [4.69, 9.17) is 15.2 Å². The summed E-state index contributed by atoms with van der Waals surface area (Å²) in [6.45, 7) is 7.47. The first-order chi connectivity index (χ1) is 13.4. The van der Waals surface area contributed by atoms with E-state index in [0.717, 1.165) is 47.5 Å². The summed E-state index contributed by atoms with van der Waals surface area (Å²) in [7, 11) is 3.40. The molecule has 0 aliphatic carbocycles. The fourth-order valence-corrected chi connectivity index (χ4v) is 3.66. The standard InChI is InChI=1S/C24H32N2O2/c1-24(2,3)16-9-11-21-19(14-16)18(8-6-7-13-25)23(26-21)20-15-17(27-4)10-12-22(20)28-5/h9-12,14-15,26H,6-8,13,25H2,1-5H3. The second kappa shape index (κ2) is 8.27. The zero-order chi connectivity index (χ0) is 20.3. The SMILES string of the molecule is COc1ccc(OC)c(-c2[nH]c3ccc(C(C)(C)C)cc3c2CCCCN)c1. The van der Waals surface area contributed by atoms with Gasteiger partial charge in [0.25, 0.3) is 0 Å². The molecule has 0 bridgehead atoms. The van der Waals surface area contributed by atoms with E-state index in [1.807, 2.05) is 18.2 Å². The van der Waals surface area contributed by atoms with Crippen LogP contribution in [0.1, 0.15) is 44.7 Å². The van der Waals surface area contributed by atoms with Crippen molar-refractivity contribution in [1.82, 2.24) is 4.98 Å². The molecule has 0 radical (unpaired) electrons. The third-order valence-electron chi connectivity index (χ3n) is 5.33. The van der Waals surface area contributed by atoms with Crippen LogP contribution in [0.15, 0.2) is 36.4 Å². The number of fused-ring (bicyclic) bond motifs is 1. The molecular weight excluding hydrogens is 348 g/mol. The van der Waals surface area contributed by atoms with Crippen molar-refractivity contribution in [3.8, 4) is 22.8 Å². The van der Waals surface area contributed by atoms with Crippen LogP contribution in [0, 0.1) is 0 Å². The van der Waals surface area contributed by atoms with Crippen molar-refractivity contribution in [2.75, 3.05) is 20.8 Å². The number of benzene rings is 2. The molecule has 3 rings (SSSR count). The van der Waals surface area contributed by atoms with Crippen molar-refractivity contribution in [3.05, 3.63) is 47.5 Å². The Morgan fingerprint density at radius 3 is 2.39 bits per heavy atom. The van der Waals surface area contributed by atoms with Gasteiger partial charge in [-0.05, 0) is 72.7 Å². The van der Waals surface area contributed by atoms with E-state index in [-0.39, 0.29) is 5.41 Å². The zero-order valence-corrected chi connectivity index (χ0v) is 17.7. The molecule has 1 heterocycles. The van der Waals surface area contributed by atoms with Crippen LogP contribution in [0.2, 0.25) is 0 Å². The number of aromatic amines is 1. The first kappa shape index (κ1) is 20.3. The molecule has 4 nitrogen and oxygen atoms in total. The molecule has 150 valence electrons. The Balaban J connectivity index is 2.22. The van der Waals surface area contributed by atoms with Gasteiger partial charge < -0.3 is 20.2 Å². The van der Waals surface area contributed by atoms with E-state index in [1.54, 1.807) is 14.2 Å². The summed E-state index contributed by atoms with van der Waals surface area (Å²) >= 11 is 0. The molecular formula is C24H32N2O2. The smallest absolute Gasteiger partial charge is 0.128 e. The van der Waals surface area contributed by atoms with Crippen LogP contribution in [-0.4, -0.2) is 25.7 Å². The molecule has 3 N–H and O–H groups in total. The quantitative estimate of drug-likeness (QED) is 0.537. The highest BCUT2D eigenvalue weighted by Gasteiger charge is 2.20. The number of hydrogen-bond donors (Lipinski definition) is 2. The van der Waals surface area contributed by atoms with E-state index >= 15 is 0 Å². The highest BCUT2D eigenvalue weighted by atomic mass is 16.5. The first-order valence-electron chi connectivity index (χ1n) is 9.96. The Bertz CT molecular complexity index is 951. The molecule has 1 aromatic heterocycles. The van der Waals surface area contributed by atoms with Gasteiger partial charge in [-0.25, -0.2) is 0 Å². The summed E-state index contributed by atoms with van der Waals surface area (Å²) in [4.78, 5) is 3.65. The first-order valence-corrected chi connectivity index (χ1v) is 9.96. The molecule has 0 saturated carbocycles. The monoisotopic (exact) mass is 380 g/mol. The number of hydrogen-bond acceptors (Lipinski definition) is 3. The number of nitrogens with one attached hydrogen (secondary N) is 1. The van der Waals surface area contributed by atoms with E-state index in [2.05, 4.69) is 44.0 Å². The van der Waals surface area contributed by atoms with Crippen LogP contribution >= 0.6 is 0 Å². The molecule has 0 atom stereocenters. The Morgan fingerprint density at radius 1 is 0.964 bits per heavy atom. The molecule has 0 spiro atoms. The molecule has 3 aromatic rings. The maximum atomic E-state index is 5.75. The van der Waals surface area contributed by atoms with Crippen molar-refractivity contribution in [2.24, 2.45) is 5.73 Å². The minimum absolute atomic E-state index is 0.105. The van der Waals surface area contributed by atoms with E-state index in [0.29, 0.717) is 6.54 Å². The highest BCUT2D eigenvalue weighted by molar-refractivity contribution is 5.92. The van der Waals surface area contributed by atoms with Crippen molar-refractivity contribution in [3.63, 3.8) is 0 Å². The summed E-state index contributed by atoms with van der Waals surface area (Å²) in [5, 5.41) is 1.28. The van der Waals surface area contributed by atoms with E-state index in [9.17, 15) is 0 Å². The van der Waals surface area contributed by atoms with Gasteiger partial charge in [0.2, 0.25) is 0 Å². The maximum absolute atomic E-state index is 5.75. The zero-order valence-electron chi connectivity index (χ0n) is 17.7. The predicted molar refractivity (Wildman–Crippen MR) is 118 cm³/mol. The maximum Gasteiger partial charge on any atom is 0.128 e. The number of methoxy groups -OCH3 is 2. The fourth-order valence-electron chi connectivity index (χ4n) is 3.66. The Kier molecular flexibility index (Phi) is 5.99. The number of aryl methyl sites for hydroxylation is 1.